The highest BCUT2D eigenvalue weighted by Crippen LogP contribution is 2.12. The average Bonchev–Trinajstić information content (AvgIpc) is 2.25. The summed E-state index contributed by atoms with van der Waals surface area (Å²) in [5.41, 5.74) is 0. The van der Waals surface area contributed by atoms with Crippen molar-refractivity contribution in [3.05, 3.63) is 0 Å². The van der Waals surface area contributed by atoms with Crippen molar-refractivity contribution in [2.45, 2.75) is 58.2 Å². The van der Waals surface area contributed by atoms with Crippen LogP contribution in [0, 0.1) is 0 Å². The van der Waals surface area contributed by atoms with Gasteiger partial charge in [0, 0.05) is 13.2 Å². The van der Waals surface area contributed by atoms with Crippen LogP contribution in [0.25, 0.3) is 0 Å². The summed E-state index contributed by atoms with van der Waals surface area (Å²) in [5.74, 6) is 0. The van der Waals surface area contributed by atoms with Gasteiger partial charge in [0.15, 0.2) is 0 Å². The maximum Gasteiger partial charge on any atom is 0.456 e. The zero-order valence-corrected chi connectivity index (χ0v) is 9.46. The third kappa shape index (κ3) is 5.66. The van der Waals surface area contributed by atoms with Gasteiger partial charge in [0.05, 0.1) is 0 Å². The zero-order valence-electron chi connectivity index (χ0n) is 9.46. The lowest BCUT2D eigenvalue weighted by Crippen LogP contribution is -2.29. The van der Waals surface area contributed by atoms with E-state index < -0.39 is 0 Å². The van der Waals surface area contributed by atoms with Crippen molar-refractivity contribution >= 4 is 7.12 Å². The van der Waals surface area contributed by atoms with E-state index in [1.165, 1.54) is 38.5 Å². The molecule has 0 spiro atoms. The summed E-state index contributed by atoms with van der Waals surface area (Å²) in [4.78, 5) is 0. The highest BCUT2D eigenvalue weighted by Gasteiger charge is 2.20. The molecule has 1 heterocycles. The van der Waals surface area contributed by atoms with E-state index in [0.717, 1.165) is 26.0 Å². The van der Waals surface area contributed by atoms with Gasteiger partial charge in [0.1, 0.15) is 0 Å². The van der Waals surface area contributed by atoms with Gasteiger partial charge in [0.2, 0.25) is 0 Å². The van der Waals surface area contributed by atoms with Crippen LogP contribution in [-0.2, 0) is 9.31 Å². The lowest BCUT2D eigenvalue weighted by molar-refractivity contribution is 0.133. The van der Waals surface area contributed by atoms with Gasteiger partial charge in [-0.25, -0.2) is 0 Å². The maximum absolute atomic E-state index is 5.48. The summed E-state index contributed by atoms with van der Waals surface area (Å²) < 4.78 is 11.0. The predicted octanol–water partition coefficient (Wildman–Crippen LogP) is 3.27. The molecule has 0 aliphatic carbocycles. The molecule has 1 aliphatic heterocycles. The fourth-order valence-electron chi connectivity index (χ4n) is 1.79. The van der Waals surface area contributed by atoms with Crippen LogP contribution in [-0.4, -0.2) is 20.3 Å². The molecule has 1 aliphatic rings. The second kappa shape index (κ2) is 8.31. The van der Waals surface area contributed by atoms with Gasteiger partial charge < -0.3 is 9.31 Å². The molecule has 1 saturated heterocycles. The molecule has 1 fully saturated rings. The normalized spacial score (nSPS) is 17.4. The smallest absolute Gasteiger partial charge is 0.411 e. The summed E-state index contributed by atoms with van der Waals surface area (Å²) >= 11 is 0. The van der Waals surface area contributed by atoms with Crippen LogP contribution in [0.15, 0.2) is 0 Å². The highest BCUT2D eigenvalue weighted by atomic mass is 16.6. The second-order valence-corrected chi connectivity index (χ2v) is 4.08. The molecule has 0 radical (unpaired) electrons. The van der Waals surface area contributed by atoms with Crippen LogP contribution in [0.1, 0.15) is 51.9 Å². The van der Waals surface area contributed by atoms with Gasteiger partial charge in [-0.1, -0.05) is 45.4 Å². The van der Waals surface area contributed by atoms with Crippen LogP contribution >= 0.6 is 0 Å². The standard InChI is InChI=1S/C11H23BO2/c1-2-3-4-5-6-7-9-12-13-10-8-11-14-12/h2-11H2,1H3. The SMILES string of the molecule is CCCCCCCCB1OCCCO1. The van der Waals surface area contributed by atoms with Crippen molar-refractivity contribution in [1.82, 2.24) is 0 Å². The van der Waals surface area contributed by atoms with Gasteiger partial charge >= 0.3 is 7.12 Å². The van der Waals surface area contributed by atoms with E-state index in [2.05, 4.69) is 6.92 Å². The first kappa shape index (κ1) is 12.1. The highest BCUT2D eigenvalue weighted by molar-refractivity contribution is 6.44. The number of hydrogen-bond acceptors (Lipinski definition) is 2. The van der Waals surface area contributed by atoms with Crippen molar-refractivity contribution in [2.75, 3.05) is 13.2 Å². The van der Waals surface area contributed by atoms with E-state index in [1.807, 2.05) is 0 Å². The van der Waals surface area contributed by atoms with E-state index in [4.69, 9.17) is 9.31 Å². The van der Waals surface area contributed by atoms with E-state index in [9.17, 15) is 0 Å². The molecule has 3 heteroatoms. The van der Waals surface area contributed by atoms with Crippen LogP contribution in [0.5, 0.6) is 0 Å². The maximum atomic E-state index is 5.48. The average molecular weight is 198 g/mol. The van der Waals surface area contributed by atoms with Crippen molar-refractivity contribution in [3.63, 3.8) is 0 Å². The molecule has 0 aromatic rings. The molecule has 0 amide bonds. The van der Waals surface area contributed by atoms with E-state index in [0.29, 0.717) is 0 Å². The van der Waals surface area contributed by atoms with Gasteiger partial charge in [-0.3, -0.25) is 0 Å². The number of rotatable bonds is 7. The Morgan fingerprint density at radius 3 is 2.29 bits per heavy atom. The molecular formula is C11H23BO2. The quantitative estimate of drug-likeness (QED) is 0.461. The molecular weight excluding hydrogens is 175 g/mol. The van der Waals surface area contributed by atoms with Crippen LogP contribution < -0.4 is 0 Å². The minimum Gasteiger partial charge on any atom is -0.411 e. The molecule has 0 saturated carbocycles. The van der Waals surface area contributed by atoms with Crippen molar-refractivity contribution in [2.24, 2.45) is 0 Å². The fraction of sp³-hybridized carbons (Fsp3) is 1.00. The molecule has 82 valence electrons. The topological polar surface area (TPSA) is 18.5 Å². The lowest BCUT2D eigenvalue weighted by atomic mass is 9.81. The van der Waals surface area contributed by atoms with E-state index in [-0.39, 0.29) is 7.12 Å². The molecule has 0 bridgehead atoms. The minimum absolute atomic E-state index is 0.106. The molecule has 0 N–H and O–H groups in total. The molecule has 2 nitrogen and oxygen atoms in total. The summed E-state index contributed by atoms with van der Waals surface area (Å²) in [5, 5.41) is 0. The third-order valence-corrected chi connectivity index (χ3v) is 2.69. The lowest BCUT2D eigenvalue weighted by Gasteiger charge is -2.19. The van der Waals surface area contributed by atoms with Crippen LogP contribution in [0.4, 0.5) is 0 Å². The van der Waals surface area contributed by atoms with E-state index >= 15 is 0 Å². The summed E-state index contributed by atoms with van der Waals surface area (Å²) in [6.07, 6.45) is 10.2. The van der Waals surface area contributed by atoms with Gasteiger partial charge in [0.25, 0.3) is 0 Å². The predicted molar refractivity (Wildman–Crippen MR) is 60.5 cm³/mol. The van der Waals surface area contributed by atoms with Crippen molar-refractivity contribution in [1.29, 1.82) is 0 Å². The Balaban J connectivity index is 1.82. The molecule has 1 rings (SSSR count). The molecule has 0 atom stereocenters. The zero-order chi connectivity index (χ0) is 10.1. The van der Waals surface area contributed by atoms with Crippen LogP contribution in [0.3, 0.4) is 0 Å². The first-order chi connectivity index (χ1) is 6.93. The largest absolute Gasteiger partial charge is 0.456 e. The molecule has 0 aromatic carbocycles. The Bertz CT molecular complexity index is 124. The Morgan fingerprint density at radius 2 is 1.57 bits per heavy atom. The van der Waals surface area contributed by atoms with Crippen LogP contribution in [0.2, 0.25) is 6.32 Å². The summed E-state index contributed by atoms with van der Waals surface area (Å²) in [7, 11) is 0.106. The first-order valence-corrected chi connectivity index (χ1v) is 6.16. The Morgan fingerprint density at radius 1 is 0.929 bits per heavy atom. The molecule has 0 unspecified atom stereocenters. The molecule has 14 heavy (non-hydrogen) atoms. The fourth-order valence-corrected chi connectivity index (χ4v) is 1.79. The number of hydrogen-bond donors (Lipinski definition) is 0. The second-order valence-electron chi connectivity index (χ2n) is 4.08. The van der Waals surface area contributed by atoms with E-state index in [1.54, 1.807) is 0 Å². The summed E-state index contributed by atoms with van der Waals surface area (Å²) in [6.45, 7) is 4.03. The van der Waals surface area contributed by atoms with Gasteiger partial charge in [-0.05, 0) is 12.7 Å². The van der Waals surface area contributed by atoms with Gasteiger partial charge in [-0.15, -0.1) is 0 Å². The van der Waals surface area contributed by atoms with Crippen molar-refractivity contribution in [3.8, 4) is 0 Å². The number of unbranched alkanes of at least 4 members (excludes halogenated alkanes) is 5. The molecule has 0 aromatic heterocycles. The Hall–Kier alpha value is -0.0151. The van der Waals surface area contributed by atoms with Gasteiger partial charge in [-0.2, -0.15) is 0 Å². The van der Waals surface area contributed by atoms with Crippen molar-refractivity contribution < 1.29 is 9.31 Å². The summed E-state index contributed by atoms with van der Waals surface area (Å²) in [6, 6.07) is 0. The monoisotopic (exact) mass is 198 g/mol. The first-order valence-electron chi connectivity index (χ1n) is 6.16. The third-order valence-electron chi connectivity index (χ3n) is 2.69. The minimum atomic E-state index is 0.106. The Kier molecular flexibility index (Phi) is 7.15. The Labute approximate surface area is 88.5 Å².